The molecule has 1 atom stereocenters. The molecule has 0 radical (unpaired) electrons. The minimum absolute atomic E-state index is 0.0888. The van der Waals surface area contributed by atoms with Crippen molar-refractivity contribution in [1.82, 2.24) is 4.98 Å². The van der Waals surface area contributed by atoms with Crippen molar-refractivity contribution in [2.24, 2.45) is 0 Å². The molecule has 3 nitrogen and oxygen atoms in total. The molecule has 0 bridgehead atoms. The lowest BCUT2D eigenvalue weighted by molar-refractivity contribution is 0.0320. The number of hydrogen-bond donors (Lipinski definition) is 1. The molecular formula is C18H23NO2. The molecule has 0 aliphatic rings. The standard InChI is InChI=1S/C18H23NO2/c1-4-18(20,11-15-8-6-5-7-9-15)16-10-17(13-19-12-16)21-14(2)3/h5-10,12-14,20H,4,11H2,1-3H3. The van der Waals surface area contributed by atoms with E-state index in [0.717, 1.165) is 11.1 Å². The summed E-state index contributed by atoms with van der Waals surface area (Å²) in [5, 5.41) is 11.0. The van der Waals surface area contributed by atoms with Gasteiger partial charge in [-0.25, -0.2) is 0 Å². The first-order chi connectivity index (χ1) is 10.0. The van der Waals surface area contributed by atoms with Gasteiger partial charge in [0.25, 0.3) is 0 Å². The van der Waals surface area contributed by atoms with Crippen molar-refractivity contribution in [3.05, 3.63) is 59.9 Å². The molecule has 1 aromatic heterocycles. The van der Waals surface area contributed by atoms with Gasteiger partial charge in [0.15, 0.2) is 0 Å². The second-order valence-electron chi connectivity index (χ2n) is 5.62. The highest BCUT2D eigenvalue weighted by atomic mass is 16.5. The molecule has 21 heavy (non-hydrogen) atoms. The quantitative estimate of drug-likeness (QED) is 0.879. The van der Waals surface area contributed by atoms with Gasteiger partial charge in [0.2, 0.25) is 0 Å². The topological polar surface area (TPSA) is 42.4 Å². The Kier molecular flexibility index (Phi) is 4.97. The lowest BCUT2D eigenvalue weighted by Gasteiger charge is -2.27. The Morgan fingerprint density at radius 2 is 1.90 bits per heavy atom. The van der Waals surface area contributed by atoms with Crippen molar-refractivity contribution in [3.63, 3.8) is 0 Å². The number of pyridine rings is 1. The third-order valence-electron chi connectivity index (χ3n) is 3.55. The van der Waals surface area contributed by atoms with Gasteiger partial charge in [0.1, 0.15) is 5.75 Å². The Labute approximate surface area is 126 Å². The summed E-state index contributed by atoms with van der Waals surface area (Å²) in [6.07, 6.45) is 4.68. The number of aliphatic hydroxyl groups is 1. The van der Waals surface area contributed by atoms with Crippen LogP contribution in [0.2, 0.25) is 0 Å². The van der Waals surface area contributed by atoms with Gasteiger partial charge in [0, 0.05) is 18.2 Å². The summed E-state index contributed by atoms with van der Waals surface area (Å²) in [5.74, 6) is 0.697. The van der Waals surface area contributed by atoms with E-state index in [1.807, 2.05) is 57.2 Å². The highest BCUT2D eigenvalue weighted by Crippen LogP contribution is 2.30. The van der Waals surface area contributed by atoms with Gasteiger partial charge in [-0.3, -0.25) is 4.98 Å². The van der Waals surface area contributed by atoms with Gasteiger partial charge in [-0.2, -0.15) is 0 Å². The molecule has 0 fully saturated rings. The summed E-state index contributed by atoms with van der Waals surface area (Å²) >= 11 is 0. The van der Waals surface area contributed by atoms with Gasteiger partial charge < -0.3 is 9.84 Å². The third kappa shape index (κ3) is 4.05. The van der Waals surface area contributed by atoms with E-state index >= 15 is 0 Å². The predicted octanol–water partition coefficient (Wildman–Crippen LogP) is 3.71. The van der Waals surface area contributed by atoms with Crippen LogP contribution < -0.4 is 4.74 Å². The highest BCUT2D eigenvalue weighted by molar-refractivity contribution is 5.30. The summed E-state index contributed by atoms with van der Waals surface area (Å²) in [4.78, 5) is 4.21. The van der Waals surface area contributed by atoms with Crippen LogP contribution in [-0.4, -0.2) is 16.2 Å². The maximum atomic E-state index is 11.0. The average molecular weight is 285 g/mol. The zero-order chi connectivity index (χ0) is 15.3. The summed E-state index contributed by atoms with van der Waals surface area (Å²) < 4.78 is 5.67. The van der Waals surface area contributed by atoms with Crippen LogP contribution in [0.25, 0.3) is 0 Å². The fraction of sp³-hybridized carbons (Fsp3) is 0.389. The molecular weight excluding hydrogens is 262 g/mol. The molecule has 1 N–H and O–H groups in total. The second kappa shape index (κ2) is 6.72. The summed E-state index contributed by atoms with van der Waals surface area (Å²) in [6.45, 7) is 5.93. The van der Waals surface area contributed by atoms with Crippen LogP contribution >= 0.6 is 0 Å². The molecule has 0 aliphatic carbocycles. The number of benzene rings is 1. The van der Waals surface area contributed by atoms with Crippen LogP contribution in [0.4, 0.5) is 0 Å². The normalized spacial score (nSPS) is 14.0. The largest absolute Gasteiger partial charge is 0.489 e. The van der Waals surface area contributed by atoms with Gasteiger partial charge >= 0.3 is 0 Å². The van der Waals surface area contributed by atoms with Crippen molar-refractivity contribution in [3.8, 4) is 5.75 Å². The van der Waals surface area contributed by atoms with E-state index in [2.05, 4.69) is 4.98 Å². The van der Waals surface area contributed by atoms with Crippen LogP contribution in [0.1, 0.15) is 38.3 Å². The van der Waals surface area contributed by atoms with Crippen molar-refractivity contribution in [1.29, 1.82) is 0 Å². The number of rotatable bonds is 6. The predicted molar refractivity (Wildman–Crippen MR) is 84.3 cm³/mol. The number of ether oxygens (including phenoxy) is 1. The Balaban J connectivity index is 2.27. The molecule has 3 heteroatoms. The van der Waals surface area contributed by atoms with Crippen molar-refractivity contribution >= 4 is 0 Å². The Bertz CT molecular complexity index is 568. The molecule has 0 aliphatic heterocycles. The van der Waals surface area contributed by atoms with E-state index < -0.39 is 5.60 Å². The highest BCUT2D eigenvalue weighted by Gasteiger charge is 2.28. The van der Waals surface area contributed by atoms with Gasteiger partial charge in [-0.05, 0) is 31.9 Å². The van der Waals surface area contributed by atoms with Gasteiger partial charge in [-0.1, -0.05) is 37.3 Å². The minimum atomic E-state index is -0.926. The molecule has 1 unspecified atom stereocenters. The number of nitrogens with zero attached hydrogens (tertiary/aromatic N) is 1. The van der Waals surface area contributed by atoms with Crippen LogP contribution in [0.5, 0.6) is 5.75 Å². The van der Waals surface area contributed by atoms with Crippen LogP contribution in [0.3, 0.4) is 0 Å². The molecule has 1 aromatic carbocycles. The molecule has 0 saturated heterocycles. The molecule has 1 heterocycles. The van der Waals surface area contributed by atoms with E-state index in [9.17, 15) is 5.11 Å². The fourth-order valence-corrected chi connectivity index (χ4v) is 2.37. The first-order valence-corrected chi connectivity index (χ1v) is 7.42. The third-order valence-corrected chi connectivity index (χ3v) is 3.55. The molecule has 112 valence electrons. The fourth-order valence-electron chi connectivity index (χ4n) is 2.37. The molecule has 0 saturated carbocycles. The number of aromatic nitrogens is 1. The maximum absolute atomic E-state index is 11.0. The van der Waals surface area contributed by atoms with Crippen LogP contribution in [0, 0.1) is 0 Å². The van der Waals surface area contributed by atoms with Crippen molar-refractivity contribution in [2.75, 3.05) is 0 Å². The first-order valence-electron chi connectivity index (χ1n) is 7.42. The number of hydrogen-bond acceptors (Lipinski definition) is 3. The smallest absolute Gasteiger partial charge is 0.138 e. The molecule has 0 spiro atoms. The summed E-state index contributed by atoms with van der Waals surface area (Å²) in [5.41, 5.74) is 0.981. The van der Waals surface area contributed by atoms with Gasteiger partial charge in [-0.15, -0.1) is 0 Å². The lowest BCUT2D eigenvalue weighted by atomic mass is 9.86. The zero-order valence-corrected chi connectivity index (χ0v) is 12.9. The summed E-state index contributed by atoms with van der Waals surface area (Å²) in [6, 6.07) is 11.9. The Morgan fingerprint density at radius 3 is 2.52 bits per heavy atom. The Morgan fingerprint density at radius 1 is 1.19 bits per heavy atom. The lowest BCUT2D eigenvalue weighted by Crippen LogP contribution is -2.28. The van der Waals surface area contributed by atoms with E-state index in [1.165, 1.54) is 0 Å². The average Bonchev–Trinajstić information content (AvgIpc) is 2.48. The monoisotopic (exact) mass is 285 g/mol. The van der Waals surface area contributed by atoms with E-state index in [4.69, 9.17) is 4.74 Å². The molecule has 2 aromatic rings. The van der Waals surface area contributed by atoms with Crippen molar-refractivity contribution in [2.45, 2.75) is 45.3 Å². The van der Waals surface area contributed by atoms with Crippen LogP contribution in [0.15, 0.2) is 48.8 Å². The second-order valence-corrected chi connectivity index (χ2v) is 5.62. The van der Waals surface area contributed by atoms with E-state index in [0.29, 0.717) is 18.6 Å². The van der Waals surface area contributed by atoms with Gasteiger partial charge in [0.05, 0.1) is 17.9 Å². The first kappa shape index (κ1) is 15.5. The Hall–Kier alpha value is -1.87. The maximum Gasteiger partial charge on any atom is 0.138 e. The van der Waals surface area contributed by atoms with Crippen LogP contribution in [-0.2, 0) is 12.0 Å². The summed E-state index contributed by atoms with van der Waals surface area (Å²) in [7, 11) is 0. The minimum Gasteiger partial charge on any atom is -0.489 e. The molecule has 2 rings (SSSR count). The zero-order valence-electron chi connectivity index (χ0n) is 12.9. The van der Waals surface area contributed by atoms with E-state index in [-0.39, 0.29) is 6.10 Å². The molecule has 0 amide bonds. The van der Waals surface area contributed by atoms with Crippen molar-refractivity contribution < 1.29 is 9.84 Å². The SMILES string of the molecule is CCC(O)(Cc1ccccc1)c1cncc(OC(C)C)c1. The van der Waals surface area contributed by atoms with E-state index in [1.54, 1.807) is 12.4 Å².